The molecule has 1 aliphatic heterocycles. The molecule has 9 heteroatoms. The van der Waals surface area contributed by atoms with E-state index in [-0.39, 0.29) is 30.1 Å². The van der Waals surface area contributed by atoms with Crippen LogP contribution in [-0.2, 0) is 9.59 Å². The number of aromatic nitrogens is 2. The lowest BCUT2D eigenvalue weighted by Gasteiger charge is -2.29. The average Bonchev–Trinajstić information content (AvgIpc) is 3.35. The minimum absolute atomic E-state index is 0.0982. The normalized spacial score (nSPS) is 14.2. The molecule has 4 rings (SSSR count). The van der Waals surface area contributed by atoms with Crippen LogP contribution in [0.5, 0.6) is 0 Å². The van der Waals surface area contributed by atoms with Gasteiger partial charge in [0.1, 0.15) is 12.4 Å². The Morgan fingerprint density at radius 3 is 2.59 bits per heavy atom. The molecule has 1 N–H and O–H groups in total. The summed E-state index contributed by atoms with van der Waals surface area (Å²) >= 11 is 1.83. The Bertz CT molecular complexity index is 1080. The van der Waals surface area contributed by atoms with E-state index >= 15 is 0 Å². The number of rotatable bonds is 6. The Morgan fingerprint density at radius 1 is 1.19 bits per heavy atom. The van der Waals surface area contributed by atoms with E-state index in [4.69, 9.17) is 4.52 Å². The second-order valence-electron chi connectivity index (χ2n) is 7.62. The molecule has 0 unspecified atom stereocenters. The van der Waals surface area contributed by atoms with Crippen molar-refractivity contribution in [3.8, 4) is 11.4 Å². The maximum Gasteiger partial charge on any atom is 0.244 e. The number of carbonyl (C=O) groups is 2. The Labute approximate surface area is 189 Å². The van der Waals surface area contributed by atoms with Gasteiger partial charge in [0.05, 0.1) is 0 Å². The van der Waals surface area contributed by atoms with Gasteiger partial charge in [-0.15, -0.1) is 0 Å². The van der Waals surface area contributed by atoms with Crippen LogP contribution >= 0.6 is 11.8 Å². The number of anilines is 2. The van der Waals surface area contributed by atoms with E-state index in [2.05, 4.69) is 15.5 Å². The van der Waals surface area contributed by atoms with Crippen LogP contribution in [0, 0.1) is 18.7 Å². The molecule has 166 valence electrons. The van der Waals surface area contributed by atoms with Crippen molar-refractivity contribution in [2.75, 3.05) is 28.3 Å². The van der Waals surface area contributed by atoms with Crippen molar-refractivity contribution in [3.05, 3.63) is 60.2 Å². The molecule has 2 amide bonds. The van der Waals surface area contributed by atoms with E-state index in [1.807, 2.05) is 11.8 Å². The third-order valence-electron chi connectivity index (χ3n) is 5.38. The fourth-order valence-electron chi connectivity index (χ4n) is 3.60. The lowest BCUT2D eigenvalue weighted by Crippen LogP contribution is -2.42. The summed E-state index contributed by atoms with van der Waals surface area (Å²) in [6.45, 7) is 1.49. The Morgan fingerprint density at radius 2 is 1.94 bits per heavy atom. The molecule has 0 atom stereocenters. The molecule has 1 aromatic heterocycles. The highest BCUT2D eigenvalue weighted by atomic mass is 32.2. The third-order valence-corrected chi connectivity index (χ3v) is 6.43. The first-order valence-corrected chi connectivity index (χ1v) is 11.5. The van der Waals surface area contributed by atoms with Gasteiger partial charge in [0.15, 0.2) is 0 Å². The summed E-state index contributed by atoms with van der Waals surface area (Å²) in [7, 11) is 0. The van der Waals surface area contributed by atoms with Gasteiger partial charge in [0.25, 0.3) is 0 Å². The fourth-order valence-corrected chi connectivity index (χ4v) is 4.71. The molecule has 0 spiro atoms. The number of benzene rings is 2. The Balaban J connectivity index is 1.50. The van der Waals surface area contributed by atoms with Crippen molar-refractivity contribution in [2.45, 2.75) is 19.8 Å². The van der Waals surface area contributed by atoms with E-state index in [0.29, 0.717) is 22.8 Å². The van der Waals surface area contributed by atoms with Crippen molar-refractivity contribution in [2.24, 2.45) is 5.92 Å². The molecular formula is C23H23FN4O3S. The summed E-state index contributed by atoms with van der Waals surface area (Å²) in [6, 6.07) is 11.5. The largest absolute Gasteiger partial charge is 0.342 e. The Kier molecular flexibility index (Phi) is 6.84. The molecule has 0 bridgehead atoms. The van der Waals surface area contributed by atoms with E-state index in [1.165, 1.54) is 17.4 Å². The maximum absolute atomic E-state index is 13.8. The van der Waals surface area contributed by atoms with Crippen LogP contribution < -0.4 is 10.2 Å². The highest BCUT2D eigenvalue weighted by molar-refractivity contribution is 7.99. The monoisotopic (exact) mass is 454 g/mol. The van der Waals surface area contributed by atoms with Crippen LogP contribution in [0.4, 0.5) is 15.8 Å². The van der Waals surface area contributed by atoms with Crippen LogP contribution in [-0.4, -0.2) is 40.0 Å². The molecule has 1 fully saturated rings. The lowest BCUT2D eigenvalue weighted by molar-refractivity contribution is -0.124. The predicted octanol–water partition coefficient (Wildman–Crippen LogP) is 4.30. The molecule has 0 radical (unpaired) electrons. The zero-order valence-corrected chi connectivity index (χ0v) is 18.4. The summed E-state index contributed by atoms with van der Waals surface area (Å²) in [5.41, 5.74) is 2.29. The van der Waals surface area contributed by atoms with Gasteiger partial charge in [0.2, 0.25) is 24.0 Å². The highest BCUT2D eigenvalue weighted by Gasteiger charge is 2.29. The molecule has 2 heterocycles. The number of aryl methyl sites for hydroxylation is 1. The standard InChI is InChI=1S/C23H23FN4O3S/c1-15-12-19(6-7-20(15)24)28(23(30)17-8-10-32-11-9-17)13-21(29)26-18-4-2-16(3-5-18)22-25-14-31-27-22/h2-7,12,14,17H,8-11,13H2,1H3,(H,26,29). The molecule has 1 aliphatic rings. The minimum Gasteiger partial charge on any atom is -0.342 e. The van der Waals surface area contributed by atoms with E-state index in [0.717, 1.165) is 29.9 Å². The smallest absolute Gasteiger partial charge is 0.244 e. The van der Waals surface area contributed by atoms with Crippen molar-refractivity contribution >= 4 is 35.0 Å². The number of carbonyl (C=O) groups excluding carboxylic acids is 2. The van der Waals surface area contributed by atoms with Crippen LogP contribution in [0.2, 0.25) is 0 Å². The molecule has 1 saturated heterocycles. The van der Waals surface area contributed by atoms with Gasteiger partial charge in [-0.25, -0.2) is 4.39 Å². The van der Waals surface area contributed by atoms with E-state index < -0.39 is 0 Å². The van der Waals surface area contributed by atoms with Crippen molar-refractivity contribution < 1.29 is 18.5 Å². The number of hydrogen-bond acceptors (Lipinski definition) is 6. The second-order valence-corrected chi connectivity index (χ2v) is 8.85. The van der Waals surface area contributed by atoms with Gasteiger partial charge in [-0.3, -0.25) is 9.59 Å². The number of amides is 2. The minimum atomic E-state index is -0.346. The second kappa shape index (κ2) is 9.95. The van der Waals surface area contributed by atoms with Gasteiger partial charge in [-0.2, -0.15) is 16.7 Å². The zero-order chi connectivity index (χ0) is 22.5. The first kappa shape index (κ1) is 22.0. The summed E-state index contributed by atoms with van der Waals surface area (Å²) in [6.07, 6.45) is 2.80. The quantitative estimate of drug-likeness (QED) is 0.598. The van der Waals surface area contributed by atoms with Gasteiger partial charge >= 0.3 is 0 Å². The molecule has 0 aliphatic carbocycles. The van der Waals surface area contributed by atoms with Crippen LogP contribution in [0.25, 0.3) is 11.4 Å². The summed E-state index contributed by atoms with van der Waals surface area (Å²) in [5.74, 6) is 1.38. The van der Waals surface area contributed by atoms with Gasteiger partial charge < -0.3 is 14.7 Å². The highest BCUT2D eigenvalue weighted by Crippen LogP contribution is 2.28. The molecular weight excluding hydrogens is 431 g/mol. The van der Waals surface area contributed by atoms with Crippen LogP contribution in [0.15, 0.2) is 53.4 Å². The summed E-state index contributed by atoms with van der Waals surface area (Å²) in [4.78, 5) is 31.6. The average molecular weight is 455 g/mol. The topological polar surface area (TPSA) is 88.3 Å². The number of hydrogen-bond donors (Lipinski definition) is 1. The molecule has 0 saturated carbocycles. The number of thioether (sulfide) groups is 1. The van der Waals surface area contributed by atoms with Crippen LogP contribution in [0.1, 0.15) is 18.4 Å². The van der Waals surface area contributed by atoms with Crippen molar-refractivity contribution in [1.29, 1.82) is 0 Å². The van der Waals surface area contributed by atoms with Crippen molar-refractivity contribution in [1.82, 2.24) is 10.1 Å². The predicted molar refractivity (Wildman–Crippen MR) is 122 cm³/mol. The van der Waals surface area contributed by atoms with E-state index in [1.54, 1.807) is 43.3 Å². The molecule has 7 nitrogen and oxygen atoms in total. The molecule has 3 aromatic rings. The first-order valence-electron chi connectivity index (χ1n) is 10.3. The lowest BCUT2D eigenvalue weighted by atomic mass is 10.0. The van der Waals surface area contributed by atoms with E-state index in [9.17, 15) is 14.0 Å². The summed E-state index contributed by atoms with van der Waals surface area (Å²) in [5, 5.41) is 6.60. The summed E-state index contributed by atoms with van der Waals surface area (Å²) < 4.78 is 18.5. The maximum atomic E-state index is 13.8. The number of halogens is 1. The van der Waals surface area contributed by atoms with Gasteiger partial charge in [-0.1, -0.05) is 5.16 Å². The van der Waals surface area contributed by atoms with Gasteiger partial charge in [-0.05, 0) is 79.3 Å². The number of nitrogens with zero attached hydrogens (tertiary/aromatic N) is 3. The molecule has 2 aromatic carbocycles. The SMILES string of the molecule is Cc1cc(N(CC(=O)Nc2ccc(-c3ncon3)cc2)C(=O)C2CCSCC2)ccc1F. The fraction of sp³-hybridized carbons (Fsp3) is 0.304. The zero-order valence-electron chi connectivity index (χ0n) is 17.6. The third kappa shape index (κ3) is 5.16. The first-order chi connectivity index (χ1) is 15.5. The van der Waals surface area contributed by atoms with Crippen molar-refractivity contribution in [3.63, 3.8) is 0 Å². The molecule has 32 heavy (non-hydrogen) atoms. The van der Waals surface area contributed by atoms with Gasteiger partial charge in [0, 0.05) is 22.9 Å². The Hall–Kier alpha value is -3.20. The number of nitrogens with one attached hydrogen (secondary N) is 1. The van der Waals surface area contributed by atoms with Crippen LogP contribution in [0.3, 0.4) is 0 Å².